The second kappa shape index (κ2) is 12.1. The number of nitrogens with zero attached hydrogens (tertiary/aromatic N) is 4. The highest BCUT2D eigenvalue weighted by Crippen LogP contribution is 2.47. The molecule has 4 nitrogen and oxygen atoms in total. The number of rotatable bonds is 3. The largest absolute Gasteiger partial charge is 0.415 e. The molecule has 0 radical (unpaired) electrons. The van der Waals surface area contributed by atoms with Gasteiger partial charge in [-0.3, -0.25) is 0 Å². The van der Waals surface area contributed by atoms with Crippen LogP contribution < -0.4 is 0 Å². The van der Waals surface area contributed by atoms with Crippen molar-refractivity contribution in [2.75, 3.05) is 0 Å². The summed E-state index contributed by atoms with van der Waals surface area (Å²) in [6.45, 7) is 20.9. The van der Waals surface area contributed by atoms with E-state index < -0.39 is 11.7 Å². The summed E-state index contributed by atoms with van der Waals surface area (Å²) in [5, 5.41) is 14.8. The zero-order valence-electron chi connectivity index (χ0n) is 30.9. The number of aromatic nitrogens is 2. The van der Waals surface area contributed by atoms with Gasteiger partial charge in [0.25, 0.3) is 0 Å². The van der Waals surface area contributed by atoms with Crippen molar-refractivity contribution in [2.45, 2.75) is 58.5 Å². The number of hydrogen-bond acceptors (Lipinski definition) is 1. The van der Waals surface area contributed by atoms with Crippen LogP contribution in [-0.2, 0) is 17.0 Å². The van der Waals surface area contributed by atoms with E-state index >= 15 is 0 Å². The molecule has 266 valence electrons. The smallest absolute Gasteiger partial charge is 0.307 e. The Bertz CT molecular complexity index is 2910. The first kappa shape index (κ1) is 34.8. The highest BCUT2D eigenvalue weighted by Gasteiger charge is 2.36. The molecule has 0 amide bonds. The average molecular weight is 715 g/mol. The van der Waals surface area contributed by atoms with Gasteiger partial charge in [0, 0.05) is 27.1 Å². The van der Waals surface area contributed by atoms with E-state index in [-0.39, 0.29) is 33.2 Å². The zero-order chi connectivity index (χ0) is 38.3. The normalized spacial score (nSPS) is 12.5. The quantitative estimate of drug-likeness (QED) is 0.168. The Morgan fingerprint density at radius 3 is 1.52 bits per heavy atom. The van der Waals surface area contributed by atoms with Crippen molar-refractivity contribution in [1.82, 2.24) is 9.13 Å². The van der Waals surface area contributed by atoms with Crippen molar-refractivity contribution >= 4 is 49.3 Å². The number of fused-ring (bicyclic) bond motifs is 6. The van der Waals surface area contributed by atoms with Gasteiger partial charge in [0.1, 0.15) is 0 Å². The van der Waals surface area contributed by atoms with Gasteiger partial charge in [-0.2, -0.15) is 18.4 Å². The third kappa shape index (κ3) is 5.43. The number of nitriles is 1. The van der Waals surface area contributed by atoms with E-state index in [0.717, 1.165) is 55.2 Å². The maximum Gasteiger partial charge on any atom is 0.415 e. The van der Waals surface area contributed by atoms with Gasteiger partial charge in [0.15, 0.2) is 5.69 Å². The highest BCUT2D eigenvalue weighted by molar-refractivity contribution is 6.12. The summed E-state index contributed by atoms with van der Waals surface area (Å²) in [6, 6.07) is 38.1. The van der Waals surface area contributed by atoms with Gasteiger partial charge < -0.3 is 9.13 Å². The molecule has 8 aromatic rings. The predicted molar refractivity (Wildman–Crippen MR) is 214 cm³/mol. The van der Waals surface area contributed by atoms with Crippen LogP contribution in [0.15, 0.2) is 115 Å². The minimum absolute atomic E-state index is 0.0309. The van der Waals surface area contributed by atoms with Crippen molar-refractivity contribution in [3.63, 3.8) is 0 Å². The van der Waals surface area contributed by atoms with Gasteiger partial charge >= 0.3 is 6.18 Å². The van der Waals surface area contributed by atoms with Crippen LogP contribution in [0.1, 0.15) is 63.8 Å². The highest BCUT2D eigenvalue weighted by atomic mass is 19.4. The van der Waals surface area contributed by atoms with Crippen molar-refractivity contribution in [3.8, 4) is 28.6 Å². The summed E-state index contributed by atoms with van der Waals surface area (Å²) in [6.07, 6.45) is -4.77. The Labute approximate surface area is 312 Å². The van der Waals surface area contributed by atoms with Crippen LogP contribution in [0.4, 0.5) is 18.9 Å². The fraction of sp³-hybridized carbons (Fsp3) is 0.191. The molecular formula is C47H37F3N4. The molecule has 0 fully saturated rings. The molecule has 0 saturated heterocycles. The number of alkyl halides is 3. The predicted octanol–water partition coefficient (Wildman–Crippen LogP) is 13.6. The maximum atomic E-state index is 14.8. The van der Waals surface area contributed by atoms with Crippen LogP contribution >= 0.6 is 0 Å². The van der Waals surface area contributed by atoms with Crippen molar-refractivity contribution in [3.05, 3.63) is 149 Å². The lowest BCUT2D eigenvalue weighted by molar-refractivity contribution is -0.137. The van der Waals surface area contributed by atoms with Gasteiger partial charge in [-0.05, 0) is 76.1 Å². The first-order valence-electron chi connectivity index (χ1n) is 17.9. The van der Waals surface area contributed by atoms with Crippen LogP contribution in [0.2, 0.25) is 0 Å². The van der Waals surface area contributed by atoms with E-state index in [1.807, 2.05) is 36.4 Å². The fourth-order valence-corrected chi connectivity index (χ4v) is 7.78. The van der Waals surface area contributed by atoms with E-state index in [1.54, 1.807) is 12.1 Å². The minimum Gasteiger partial charge on any atom is -0.307 e. The second-order valence-electron chi connectivity index (χ2n) is 16.0. The molecule has 0 spiro atoms. The molecule has 0 bridgehead atoms. The summed E-state index contributed by atoms with van der Waals surface area (Å²) >= 11 is 0. The summed E-state index contributed by atoms with van der Waals surface area (Å²) in [5.74, 6) is 0. The van der Waals surface area contributed by atoms with E-state index in [9.17, 15) is 18.4 Å². The minimum atomic E-state index is -4.77. The molecule has 0 aliphatic carbocycles. The number of benzene rings is 6. The first-order chi connectivity index (χ1) is 25.6. The zero-order valence-corrected chi connectivity index (χ0v) is 30.9. The Hall–Kier alpha value is -6.31. The SMILES string of the molecule is [C-]#[N+]c1cccc(C(F)(F)F)c1-c1cc(-n2c3ccccc3c3cc(C(C)(C)C)ccc32)c(-n2c3ccccc3c3cc(C(C)(C)C)ccc32)cc1C#N. The molecule has 0 saturated carbocycles. The molecule has 2 aromatic heterocycles. The number of halogens is 3. The van der Waals surface area contributed by atoms with E-state index in [0.29, 0.717) is 11.4 Å². The van der Waals surface area contributed by atoms with Crippen molar-refractivity contribution < 1.29 is 13.2 Å². The molecule has 6 aromatic carbocycles. The summed E-state index contributed by atoms with van der Waals surface area (Å²) < 4.78 is 48.6. The monoisotopic (exact) mass is 714 g/mol. The molecule has 8 rings (SSSR count). The van der Waals surface area contributed by atoms with Crippen LogP contribution in [0.25, 0.3) is 71.0 Å². The summed E-state index contributed by atoms with van der Waals surface area (Å²) in [4.78, 5) is 3.53. The third-order valence-corrected chi connectivity index (χ3v) is 10.5. The lowest BCUT2D eigenvalue weighted by atomic mass is 9.86. The van der Waals surface area contributed by atoms with Gasteiger partial charge in [0.05, 0.1) is 57.2 Å². The van der Waals surface area contributed by atoms with Crippen LogP contribution in [0.3, 0.4) is 0 Å². The van der Waals surface area contributed by atoms with E-state index in [1.165, 1.54) is 17.7 Å². The number of para-hydroxylation sites is 2. The first-order valence-corrected chi connectivity index (χ1v) is 17.9. The van der Waals surface area contributed by atoms with Crippen LogP contribution in [0, 0.1) is 17.9 Å². The number of hydrogen-bond donors (Lipinski definition) is 0. The topological polar surface area (TPSA) is 38.0 Å². The molecule has 0 N–H and O–H groups in total. The maximum absolute atomic E-state index is 14.8. The standard InChI is InChI=1S/C47H37F3N4/c1-45(2,3)29-19-21-40-34(24-29)31-13-8-10-17-38(31)53(40)42-23-28(27-51)33(44-36(47(48,49)50)15-12-16-37(44)52-7)26-43(42)54-39-18-11-9-14-32(39)35-25-30(46(4,5)6)20-22-41(35)54/h8-26H,1-6H3. The van der Waals surface area contributed by atoms with Gasteiger partial charge in [-0.25, -0.2) is 4.85 Å². The van der Waals surface area contributed by atoms with Gasteiger partial charge in [-0.1, -0.05) is 108 Å². The van der Waals surface area contributed by atoms with Crippen molar-refractivity contribution in [2.24, 2.45) is 0 Å². The molecule has 2 heterocycles. The molecule has 0 unspecified atom stereocenters. The van der Waals surface area contributed by atoms with Gasteiger partial charge in [-0.15, -0.1) is 0 Å². The van der Waals surface area contributed by atoms with E-state index in [4.69, 9.17) is 6.57 Å². The average Bonchev–Trinajstić information content (AvgIpc) is 3.65. The molecule has 0 atom stereocenters. The summed E-state index contributed by atoms with van der Waals surface area (Å²) in [5.41, 5.74) is 5.43. The second-order valence-corrected chi connectivity index (χ2v) is 16.0. The third-order valence-electron chi connectivity index (χ3n) is 10.5. The Balaban J connectivity index is 1.59. The van der Waals surface area contributed by atoms with Crippen molar-refractivity contribution in [1.29, 1.82) is 5.26 Å². The fourth-order valence-electron chi connectivity index (χ4n) is 7.78. The molecule has 0 aliphatic heterocycles. The van der Waals surface area contributed by atoms with E-state index in [2.05, 4.69) is 110 Å². The summed E-state index contributed by atoms with van der Waals surface area (Å²) in [7, 11) is 0. The lowest BCUT2D eigenvalue weighted by Crippen LogP contribution is -2.11. The van der Waals surface area contributed by atoms with Gasteiger partial charge in [0.2, 0.25) is 0 Å². The van der Waals surface area contributed by atoms with Crippen LogP contribution in [-0.4, -0.2) is 9.13 Å². The Kier molecular flexibility index (Phi) is 7.80. The molecule has 7 heteroatoms. The Morgan fingerprint density at radius 1 is 0.574 bits per heavy atom. The molecule has 54 heavy (non-hydrogen) atoms. The van der Waals surface area contributed by atoms with Crippen LogP contribution in [0.5, 0.6) is 0 Å². The lowest BCUT2D eigenvalue weighted by Gasteiger charge is -2.22. The molecular weight excluding hydrogens is 678 g/mol. The molecule has 0 aliphatic rings. The Morgan fingerprint density at radius 2 is 1.06 bits per heavy atom.